The van der Waals surface area contributed by atoms with E-state index in [1.54, 1.807) is 0 Å². The van der Waals surface area contributed by atoms with Crippen LogP contribution in [0.1, 0.15) is 46.4 Å². The van der Waals surface area contributed by atoms with E-state index in [0.717, 1.165) is 11.9 Å². The Labute approximate surface area is 244 Å². The van der Waals surface area contributed by atoms with Gasteiger partial charge in [-0.1, -0.05) is 121 Å². The summed E-state index contributed by atoms with van der Waals surface area (Å²) < 4.78 is 2.34. The summed E-state index contributed by atoms with van der Waals surface area (Å²) in [6.07, 6.45) is 0. The van der Waals surface area contributed by atoms with Crippen molar-refractivity contribution in [2.75, 3.05) is 28.2 Å². The zero-order chi connectivity index (χ0) is 26.9. The van der Waals surface area contributed by atoms with Gasteiger partial charge in [0.25, 0.3) is 5.96 Å². The smallest absolute Gasteiger partial charge is 0.393 e. The van der Waals surface area contributed by atoms with Gasteiger partial charge in [0.2, 0.25) is 0 Å². The van der Waals surface area contributed by atoms with Gasteiger partial charge in [0.1, 0.15) is 12.1 Å². The van der Waals surface area contributed by atoms with Crippen molar-refractivity contribution in [2.45, 2.75) is 24.2 Å². The number of likely N-dealkylation sites (N-methyl/N-ethyl adjacent to an activating group) is 4. The highest BCUT2D eigenvalue weighted by Gasteiger charge is 2.49. The number of nitrogens with zero attached hydrogens (tertiary/aromatic N) is 5. The van der Waals surface area contributed by atoms with Crippen molar-refractivity contribution >= 4 is 11.9 Å². The molecule has 4 atom stereocenters. The van der Waals surface area contributed by atoms with Crippen LogP contribution in [0, 0.1) is 0 Å². The van der Waals surface area contributed by atoms with E-state index in [2.05, 4.69) is 169 Å². The molecule has 2 aliphatic heterocycles. The van der Waals surface area contributed by atoms with Gasteiger partial charge in [0.15, 0.2) is 0 Å². The van der Waals surface area contributed by atoms with Crippen LogP contribution in [-0.4, -0.2) is 59.4 Å². The largest absolute Gasteiger partial charge is 1.00 e. The van der Waals surface area contributed by atoms with Gasteiger partial charge in [0, 0.05) is 14.1 Å². The third kappa shape index (κ3) is 4.75. The first-order chi connectivity index (χ1) is 19.1. The van der Waals surface area contributed by atoms with Crippen molar-refractivity contribution in [3.63, 3.8) is 0 Å². The van der Waals surface area contributed by atoms with Gasteiger partial charge >= 0.3 is 5.96 Å². The maximum Gasteiger partial charge on any atom is 0.393 e. The first-order valence-electron chi connectivity index (χ1n) is 13.6. The highest BCUT2D eigenvalue weighted by Crippen LogP contribution is 2.44. The quantitative estimate of drug-likeness (QED) is 0.366. The van der Waals surface area contributed by atoms with Gasteiger partial charge in [-0.25, -0.2) is 0 Å². The van der Waals surface area contributed by atoms with E-state index in [4.69, 9.17) is 4.99 Å². The number of hydrogen-bond acceptors (Lipinski definition) is 2. The number of hydrogen-bond donors (Lipinski definition) is 0. The van der Waals surface area contributed by atoms with Gasteiger partial charge in [-0.05, 0) is 27.2 Å². The van der Waals surface area contributed by atoms with Crippen LogP contribution >= 0.6 is 0 Å². The molecule has 2 heterocycles. The zero-order valence-electron chi connectivity index (χ0n) is 23.5. The highest BCUT2D eigenvalue weighted by atomic mass is 35.5. The van der Waals surface area contributed by atoms with Crippen molar-refractivity contribution in [2.24, 2.45) is 4.99 Å². The van der Waals surface area contributed by atoms with Crippen molar-refractivity contribution in [1.82, 2.24) is 14.7 Å². The summed E-state index contributed by atoms with van der Waals surface area (Å²) in [5.74, 6) is 1.93. The molecule has 0 amide bonds. The highest BCUT2D eigenvalue weighted by molar-refractivity contribution is 5.95. The standard InChI is InChI=1S/C34H36N5.ClH/c1-36-29(25-17-9-5-10-18-25)30(26-19-11-6-12-20-26)37(2)33(36)35-34-38(3)31(27-21-13-7-14-22-27)32(39(34)4)28-23-15-8-16-24-28;/h5-24,29-32H,1-4H3;1H/q+1;/p-1/t29-,30-,31-,32-;/m0./s1. The normalized spacial score (nSPS) is 22.5. The minimum absolute atomic E-state index is 0. The molecule has 4 aromatic rings. The van der Waals surface area contributed by atoms with E-state index in [1.165, 1.54) is 22.3 Å². The first-order valence-corrected chi connectivity index (χ1v) is 13.6. The Hall–Kier alpha value is -4.09. The molecule has 2 aliphatic rings. The Kier molecular flexibility index (Phi) is 7.95. The summed E-state index contributed by atoms with van der Waals surface area (Å²) >= 11 is 0. The van der Waals surface area contributed by atoms with E-state index >= 15 is 0 Å². The van der Waals surface area contributed by atoms with Crippen LogP contribution in [0.4, 0.5) is 0 Å². The van der Waals surface area contributed by atoms with E-state index in [-0.39, 0.29) is 36.6 Å². The zero-order valence-corrected chi connectivity index (χ0v) is 24.2. The Morgan fingerprint density at radius 3 is 1.25 bits per heavy atom. The third-order valence-electron chi connectivity index (χ3n) is 8.29. The molecule has 0 radical (unpaired) electrons. The molecule has 0 bridgehead atoms. The second-order valence-electron chi connectivity index (χ2n) is 10.6. The van der Waals surface area contributed by atoms with E-state index in [0.29, 0.717) is 0 Å². The molecule has 6 rings (SSSR count). The molecular formula is C34H36ClN5. The lowest BCUT2D eigenvalue weighted by Gasteiger charge is -2.26. The van der Waals surface area contributed by atoms with Gasteiger partial charge in [-0.2, -0.15) is 0 Å². The molecule has 0 aromatic heterocycles. The Morgan fingerprint density at radius 2 is 0.850 bits per heavy atom. The lowest BCUT2D eigenvalue weighted by molar-refractivity contribution is -0.539. The topological polar surface area (TPSA) is 25.1 Å². The number of benzene rings is 4. The molecule has 40 heavy (non-hydrogen) atoms. The molecule has 0 spiro atoms. The van der Waals surface area contributed by atoms with Crippen LogP contribution < -0.4 is 12.4 Å². The second kappa shape index (κ2) is 11.6. The predicted octanol–water partition coefficient (Wildman–Crippen LogP) is 3.13. The molecule has 6 heteroatoms. The number of guanidine groups is 2. The molecule has 204 valence electrons. The number of rotatable bonds is 4. The fourth-order valence-electron chi connectivity index (χ4n) is 6.47. The SMILES string of the molecule is CN1C(=NC2=[N+](C)[C@@H](c3ccccc3)[C@H](c3ccccc3)N2C)N(C)[C@@H](c2ccccc2)[C@@H]1c1ccccc1.[Cl-]. The first kappa shape index (κ1) is 27.5. The van der Waals surface area contributed by atoms with Crippen molar-refractivity contribution in [3.05, 3.63) is 144 Å². The summed E-state index contributed by atoms with van der Waals surface area (Å²) in [7, 11) is 8.70. The van der Waals surface area contributed by atoms with E-state index < -0.39 is 0 Å². The molecule has 1 saturated heterocycles. The molecule has 0 aliphatic carbocycles. The molecule has 0 saturated carbocycles. The minimum atomic E-state index is 0. The average Bonchev–Trinajstić information content (AvgIpc) is 3.39. The summed E-state index contributed by atoms with van der Waals surface area (Å²) in [5, 5.41) is 0. The fraction of sp³-hybridized carbons (Fsp3) is 0.235. The fourth-order valence-corrected chi connectivity index (χ4v) is 6.47. The molecule has 5 nitrogen and oxygen atoms in total. The lowest BCUT2D eigenvalue weighted by atomic mass is 9.93. The summed E-state index contributed by atoms with van der Waals surface area (Å²) in [5.41, 5.74) is 5.14. The Balaban J connectivity index is 0.00000323. The van der Waals surface area contributed by atoms with Crippen LogP contribution in [0.2, 0.25) is 0 Å². The molecule has 1 fully saturated rings. The summed E-state index contributed by atoms with van der Waals surface area (Å²) in [6, 6.07) is 43.8. The van der Waals surface area contributed by atoms with Crippen LogP contribution in [0.5, 0.6) is 0 Å². The van der Waals surface area contributed by atoms with Gasteiger partial charge in [-0.3, -0.25) is 9.48 Å². The molecule has 0 N–H and O–H groups in total. The summed E-state index contributed by atoms with van der Waals surface area (Å²) in [4.78, 5) is 12.5. The van der Waals surface area contributed by atoms with Gasteiger partial charge in [0.05, 0.1) is 26.2 Å². The number of aliphatic imine (C=N–C) groups is 1. The molecular weight excluding hydrogens is 514 g/mol. The minimum Gasteiger partial charge on any atom is -1.00 e. The number of halogens is 1. The van der Waals surface area contributed by atoms with Crippen LogP contribution in [-0.2, 0) is 0 Å². The molecule has 0 unspecified atom stereocenters. The maximum absolute atomic E-state index is 5.44. The maximum atomic E-state index is 5.44. The Morgan fingerprint density at radius 1 is 0.500 bits per heavy atom. The average molecular weight is 550 g/mol. The van der Waals surface area contributed by atoms with Crippen LogP contribution in [0.15, 0.2) is 126 Å². The van der Waals surface area contributed by atoms with E-state index in [9.17, 15) is 0 Å². The molecule has 4 aromatic carbocycles. The predicted molar refractivity (Wildman–Crippen MR) is 159 cm³/mol. The van der Waals surface area contributed by atoms with Crippen LogP contribution in [0.3, 0.4) is 0 Å². The second-order valence-corrected chi connectivity index (χ2v) is 10.6. The van der Waals surface area contributed by atoms with Crippen LogP contribution in [0.25, 0.3) is 0 Å². The van der Waals surface area contributed by atoms with Gasteiger partial charge in [-0.15, -0.1) is 0 Å². The summed E-state index contributed by atoms with van der Waals surface area (Å²) in [6.45, 7) is 0. The lowest BCUT2D eigenvalue weighted by Crippen LogP contribution is -3.00. The van der Waals surface area contributed by atoms with Crippen molar-refractivity contribution < 1.29 is 17.0 Å². The third-order valence-corrected chi connectivity index (χ3v) is 8.29. The monoisotopic (exact) mass is 549 g/mol. The van der Waals surface area contributed by atoms with E-state index in [1.807, 2.05) is 0 Å². The van der Waals surface area contributed by atoms with Gasteiger partial charge < -0.3 is 22.2 Å². The Bertz CT molecular complexity index is 1420. The van der Waals surface area contributed by atoms with Crippen molar-refractivity contribution in [1.29, 1.82) is 0 Å². The van der Waals surface area contributed by atoms with Crippen molar-refractivity contribution in [3.8, 4) is 0 Å².